The van der Waals surface area contributed by atoms with Gasteiger partial charge in [-0.15, -0.1) is 0 Å². The largest absolute Gasteiger partial charge is 0.464 e. The highest BCUT2D eigenvalue weighted by Crippen LogP contribution is 2.21. The van der Waals surface area contributed by atoms with Crippen molar-refractivity contribution in [2.24, 2.45) is 4.99 Å². The molecule has 0 saturated carbocycles. The zero-order chi connectivity index (χ0) is 29.4. The molecule has 0 spiro atoms. The van der Waals surface area contributed by atoms with Gasteiger partial charge in [-0.25, -0.2) is 8.42 Å². The number of hydrogen-bond acceptors (Lipinski definition) is 9. The summed E-state index contributed by atoms with van der Waals surface area (Å²) in [6.45, 7) is 1.70. The number of rotatable bonds is 12. The van der Waals surface area contributed by atoms with Crippen molar-refractivity contribution in [3.8, 4) is 11.1 Å². The van der Waals surface area contributed by atoms with Gasteiger partial charge >= 0.3 is 5.97 Å². The summed E-state index contributed by atoms with van der Waals surface area (Å²) in [7, 11) is -4.14. The highest BCUT2D eigenvalue weighted by atomic mass is 32.2. The molecular weight excluding hydrogens is 558 g/mol. The number of aliphatic imine (C=N–C) groups is 1. The molecule has 13 heteroatoms. The number of nitrogens with one attached hydrogen (secondary N) is 5. The van der Waals surface area contributed by atoms with Crippen LogP contribution < -0.4 is 20.7 Å². The van der Waals surface area contributed by atoms with Gasteiger partial charge in [0.05, 0.1) is 35.3 Å². The van der Waals surface area contributed by atoms with Crippen LogP contribution in [-0.4, -0.2) is 75.3 Å². The second-order valence-corrected chi connectivity index (χ2v) is 11.2. The Labute approximate surface area is 243 Å². The van der Waals surface area contributed by atoms with Gasteiger partial charge in [-0.1, -0.05) is 48.5 Å². The molecule has 1 atom stereocenters. The number of carbonyl (C=O) groups excluding carboxylic acids is 2. The molecule has 1 aliphatic rings. The second-order valence-electron chi connectivity index (χ2n) is 9.52. The minimum Gasteiger partial charge on any atom is -0.464 e. The van der Waals surface area contributed by atoms with Gasteiger partial charge in [-0.3, -0.25) is 19.7 Å². The van der Waals surface area contributed by atoms with E-state index in [-0.39, 0.29) is 18.0 Å². The number of sulfonamides is 1. The predicted molar refractivity (Wildman–Crippen MR) is 158 cm³/mol. The Hall–Kier alpha value is -4.75. The molecule has 42 heavy (non-hydrogen) atoms. The van der Waals surface area contributed by atoms with Crippen molar-refractivity contribution in [3.05, 3.63) is 84.6 Å². The molecule has 5 N–H and O–H groups in total. The van der Waals surface area contributed by atoms with E-state index in [4.69, 9.17) is 4.74 Å². The van der Waals surface area contributed by atoms with Crippen LogP contribution in [0.3, 0.4) is 0 Å². The highest BCUT2D eigenvalue weighted by Gasteiger charge is 2.28. The third kappa shape index (κ3) is 7.11. The number of esters is 1. The first-order valence-corrected chi connectivity index (χ1v) is 15.0. The zero-order valence-corrected chi connectivity index (χ0v) is 23.5. The van der Waals surface area contributed by atoms with Crippen molar-refractivity contribution < 1.29 is 22.7 Å². The number of aromatic amines is 1. The van der Waals surface area contributed by atoms with E-state index in [2.05, 4.69) is 35.9 Å². The Balaban J connectivity index is 1.26. The summed E-state index contributed by atoms with van der Waals surface area (Å²) in [6.07, 6.45) is 2.00. The number of aromatic nitrogens is 2. The lowest BCUT2D eigenvalue weighted by Crippen LogP contribution is -2.49. The third-order valence-electron chi connectivity index (χ3n) is 6.58. The van der Waals surface area contributed by atoms with E-state index < -0.39 is 27.9 Å². The molecule has 0 fully saturated rings. The van der Waals surface area contributed by atoms with E-state index in [1.165, 1.54) is 18.3 Å². The molecule has 2 heterocycles. The average molecular weight is 590 g/mol. The van der Waals surface area contributed by atoms with E-state index in [9.17, 15) is 18.0 Å². The Morgan fingerprint density at radius 3 is 2.52 bits per heavy atom. The Morgan fingerprint density at radius 1 is 0.976 bits per heavy atom. The van der Waals surface area contributed by atoms with Crippen LogP contribution in [0.1, 0.15) is 16.8 Å². The van der Waals surface area contributed by atoms with E-state index in [1.54, 1.807) is 30.3 Å². The summed E-state index contributed by atoms with van der Waals surface area (Å²) >= 11 is 0. The van der Waals surface area contributed by atoms with Gasteiger partial charge in [0.15, 0.2) is 5.96 Å². The van der Waals surface area contributed by atoms with E-state index in [1.807, 2.05) is 30.3 Å². The van der Waals surface area contributed by atoms with Crippen molar-refractivity contribution in [2.45, 2.75) is 17.4 Å². The predicted octanol–water partition coefficient (Wildman–Crippen LogP) is 1.79. The van der Waals surface area contributed by atoms with Gasteiger partial charge in [-0.2, -0.15) is 9.82 Å². The van der Waals surface area contributed by atoms with Crippen LogP contribution in [0.15, 0.2) is 88.9 Å². The average Bonchev–Trinajstić information content (AvgIpc) is 3.72. The minimum atomic E-state index is -4.14. The molecule has 218 valence electrons. The Bertz CT molecular complexity index is 1670. The van der Waals surface area contributed by atoms with Gasteiger partial charge in [0.1, 0.15) is 6.04 Å². The van der Waals surface area contributed by atoms with Crippen molar-refractivity contribution in [2.75, 3.05) is 32.8 Å². The third-order valence-corrected chi connectivity index (χ3v) is 8.07. The first-order chi connectivity index (χ1) is 20.4. The van der Waals surface area contributed by atoms with Gasteiger partial charge in [0.25, 0.3) is 5.91 Å². The quantitative estimate of drug-likeness (QED) is 0.123. The van der Waals surface area contributed by atoms with Crippen LogP contribution >= 0.6 is 0 Å². The molecular formula is C29H31N7O5S. The second kappa shape index (κ2) is 13.3. The SMILES string of the molecule is O=C(NCC(NS(=O)(=O)c1ccc(-c2ccccc2)cc1)C(=O)OCCCNC1=NCCN1)c1cccc2[nH]ncc12. The van der Waals surface area contributed by atoms with E-state index in [0.717, 1.165) is 17.7 Å². The standard InChI is InChI=1S/C29H31N7O5S/c37-27(23-8-4-9-25-24(23)18-34-35-25)33-19-26(28(38)41-17-5-14-30-29-31-15-16-32-29)36-42(39,40)22-12-10-21(11-13-22)20-6-2-1-3-7-20/h1-4,6-13,18,26,36H,5,14-17,19H2,(H,33,37)(H,34,35)(H2,30,31,32). The van der Waals surface area contributed by atoms with E-state index in [0.29, 0.717) is 41.9 Å². The normalized spacial score (nSPS) is 13.7. The number of hydrogen-bond donors (Lipinski definition) is 5. The summed E-state index contributed by atoms with van der Waals surface area (Å²) in [5.74, 6) is -0.599. The van der Waals surface area contributed by atoms with Crippen molar-refractivity contribution in [3.63, 3.8) is 0 Å². The molecule has 0 saturated heterocycles. The summed E-state index contributed by atoms with van der Waals surface area (Å²) in [6, 6.07) is 19.6. The zero-order valence-electron chi connectivity index (χ0n) is 22.7. The number of carbonyl (C=O) groups is 2. The van der Waals surface area contributed by atoms with E-state index >= 15 is 0 Å². The number of benzene rings is 3. The van der Waals surface area contributed by atoms with Crippen LogP contribution in [0.4, 0.5) is 0 Å². The maximum Gasteiger partial charge on any atom is 0.326 e. The monoisotopic (exact) mass is 589 g/mol. The number of nitrogens with zero attached hydrogens (tertiary/aromatic N) is 2. The molecule has 1 amide bonds. The molecule has 1 aromatic heterocycles. The van der Waals surface area contributed by atoms with Gasteiger partial charge < -0.3 is 20.7 Å². The molecule has 0 aliphatic carbocycles. The van der Waals surface area contributed by atoms with Crippen LogP contribution in [0, 0.1) is 0 Å². The van der Waals surface area contributed by atoms with Crippen LogP contribution in [-0.2, 0) is 19.6 Å². The molecule has 1 aliphatic heterocycles. The van der Waals surface area contributed by atoms with Crippen LogP contribution in [0.2, 0.25) is 0 Å². The minimum absolute atomic E-state index is 0.0245. The molecule has 0 bridgehead atoms. The molecule has 5 rings (SSSR count). The number of amides is 1. The number of ether oxygens (including phenoxy) is 1. The molecule has 0 radical (unpaired) electrons. The maximum atomic E-state index is 13.3. The summed E-state index contributed by atoms with van der Waals surface area (Å²) < 4.78 is 34.4. The van der Waals surface area contributed by atoms with Crippen LogP contribution in [0.25, 0.3) is 22.0 Å². The summed E-state index contributed by atoms with van der Waals surface area (Å²) in [5.41, 5.74) is 2.79. The molecule has 3 aromatic carbocycles. The highest BCUT2D eigenvalue weighted by molar-refractivity contribution is 7.89. The van der Waals surface area contributed by atoms with Gasteiger partial charge in [0, 0.05) is 25.0 Å². The Morgan fingerprint density at radius 2 is 1.76 bits per heavy atom. The van der Waals surface area contributed by atoms with Crippen molar-refractivity contribution in [1.29, 1.82) is 0 Å². The summed E-state index contributed by atoms with van der Waals surface area (Å²) in [5, 5.41) is 16.2. The fraction of sp³-hybridized carbons (Fsp3) is 0.241. The fourth-order valence-electron chi connectivity index (χ4n) is 4.41. The summed E-state index contributed by atoms with van der Waals surface area (Å²) in [4.78, 5) is 30.3. The molecule has 12 nitrogen and oxygen atoms in total. The van der Waals surface area contributed by atoms with Crippen LogP contribution in [0.5, 0.6) is 0 Å². The first-order valence-electron chi connectivity index (χ1n) is 13.5. The lowest BCUT2D eigenvalue weighted by atomic mass is 10.1. The number of H-pyrrole nitrogens is 1. The van der Waals surface area contributed by atoms with Crippen molar-refractivity contribution in [1.82, 2.24) is 30.9 Å². The maximum absolute atomic E-state index is 13.3. The van der Waals surface area contributed by atoms with Gasteiger partial charge in [-0.05, 0) is 41.8 Å². The smallest absolute Gasteiger partial charge is 0.326 e. The van der Waals surface area contributed by atoms with Gasteiger partial charge in [0.2, 0.25) is 10.0 Å². The van der Waals surface area contributed by atoms with Crippen molar-refractivity contribution >= 4 is 38.8 Å². The number of fused-ring (bicyclic) bond motifs is 1. The molecule has 1 unspecified atom stereocenters. The fourth-order valence-corrected chi connectivity index (χ4v) is 5.59. The lowest BCUT2D eigenvalue weighted by molar-refractivity contribution is -0.145. The molecule has 4 aromatic rings. The number of guanidine groups is 1. The lowest BCUT2D eigenvalue weighted by Gasteiger charge is -2.19. The Kier molecular flexibility index (Phi) is 9.09. The first kappa shape index (κ1) is 28.8. The topological polar surface area (TPSA) is 167 Å².